The van der Waals surface area contributed by atoms with Crippen LogP contribution in [-0.2, 0) is 21.2 Å². The second-order valence-corrected chi connectivity index (χ2v) is 10.9. The molecule has 3 aromatic carbocycles. The molecule has 0 saturated heterocycles. The number of carbonyl (C=O) groups is 1. The first-order chi connectivity index (χ1) is 16.9. The molecule has 6 nitrogen and oxygen atoms in total. The van der Waals surface area contributed by atoms with Crippen LogP contribution in [0.4, 0.5) is 5.69 Å². The first-order valence-electron chi connectivity index (χ1n) is 12.1. The Labute approximate surface area is 208 Å². The van der Waals surface area contributed by atoms with Crippen molar-refractivity contribution in [3.05, 3.63) is 90.0 Å². The van der Waals surface area contributed by atoms with E-state index in [-0.39, 0.29) is 23.2 Å². The van der Waals surface area contributed by atoms with Crippen molar-refractivity contribution in [2.75, 3.05) is 19.0 Å². The lowest BCUT2D eigenvalue weighted by Crippen LogP contribution is -2.38. The third-order valence-corrected chi connectivity index (χ3v) is 8.44. The highest BCUT2D eigenvalue weighted by Gasteiger charge is 2.31. The van der Waals surface area contributed by atoms with Gasteiger partial charge in [0.15, 0.2) is 6.61 Å². The van der Waals surface area contributed by atoms with Crippen molar-refractivity contribution < 1.29 is 17.9 Å². The monoisotopic (exact) mass is 492 g/mol. The molecule has 1 amide bonds. The van der Waals surface area contributed by atoms with Crippen LogP contribution in [0.1, 0.15) is 43.2 Å². The van der Waals surface area contributed by atoms with E-state index < -0.39 is 15.9 Å². The van der Waals surface area contributed by atoms with Crippen LogP contribution in [0.2, 0.25) is 0 Å². The average molecular weight is 493 g/mol. The van der Waals surface area contributed by atoms with Crippen LogP contribution in [0.3, 0.4) is 0 Å². The molecule has 3 aromatic rings. The Kier molecular flexibility index (Phi) is 8.21. The summed E-state index contributed by atoms with van der Waals surface area (Å²) in [5, 5.41) is 2.74. The molecule has 0 atom stereocenters. The van der Waals surface area contributed by atoms with E-state index in [2.05, 4.69) is 5.32 Å². The Morgan fingerprint density at radius 1 is 0.914 bits per heavy atom. The molecule has 7 heteroatoms. The number of amides is 1. The number of anilines is 1. The molecule has 0 bridgehead atoms. The largest absolute Gasteiger partial charge is 0.483 e. The fraction of sp³-hybridized carbons (Fsp3) is 0.321. The summed E-state index contributed by atoms with van der Waals surface area (Å²) in [4.78, 5) is 12.9. The number of rotatable bonds is 9. The van der Waals surface area contributed by atoms with Gasteiger partial charge in [0.1, 0.15) is 10.6 Å². The third-order valence-electron chi connectivity index (χ3n) is 6.48. The molecule has 0 spiro atoms. The number of hydrogen-bond acceptors (Lipinski definition) is 4. The van der Waals surface area contributed by atoms with Crippen molar-refractivity contribution in [1.82, 2.24) is 4.31 Å². The molecule has 1 aliphatic rings. The van der Waals surface area contributed by atoms with Gasteiger partial charge in [-0.1, -0.05) is 79.9 Å². The van der Waals surface area contributed by atoms with Gasteiger partial charge < -0.3 is 10.1 Å². The first kappa shape index (κ1) is 24.9. The van der Waals surface area contributed by atoms with Gasteiger partial charge in [-0.05, 0) is 42.2 Å². The zero-order valence-corrected chi connectivity index (χ0v) is 20.8. The minimum atomic E-state index is -3.75. The molecule has 0 unspecified atom stereocenters. The predicted molar refractivity (Wildman–Crippen MR) is 138 cm³/mol. The molecular formula is C28H32N2O4S. The van der Waals surface area contributed by atoms with Gasteiger partial charge in [0.2, 0.25) is 10.0 Å². The van der Waals surface area contributed by atoms with Crippen LogP contribution >= 0.6 is 0 Å². The number of para-hydroxylation sites is 2. The van der Waals surface area contributed by atoms with Crippen LogP contribution in [0.15, 0.2) is 83.8 Å². The quantitative estimate of drug-likeness (QED) is 0.443. The highest BCUT2D eigenvalue weighted by atomic mass is 32.2. The number of ether oxygens (including phenoxy) is 1. The Bertz CT molecular complexity index is 1240. The zero-order valence-electron chi connectivity index (χ0n) is 20.0. The van der Waals surface area contributed by atoms with Gasteiger partial charge >= 0.3 is 0 Å². The molecule has 184 valence electrons. The van der Waals surface area contributed by atoms with E-state index in [0.717, 1.165) is 43.2 Å². The normalized spacial score (nSPS) is 14.6. The lowest BCUT2D eigenvalue weighted by atomic mass is 9.96. The summed E-state index contributed by atoms with van der Waals surface area (Å²) in [6.45, 7) is -0.224. The van der Waals surface area contributed by atoms with Crippen LogP contribution < -0.4 is 10.1 Å². The third kappa shape index (κ3) is 6.29. The van der Waals surface area contributed by atoms with E-state index in [0.29, 0.717) is 12.2 Å². The summed E-state index contributed by atoms with van der Waals surface area (Å²) in [5.74, 6) is 0.215. The molecule has 0 aromatic heterocycles. The molecule has 0 aliphatic heterocycles. The van der Waals surface area contributed by atoms with E-state index in [1.165, 1.54) is 4.31 Å². The highest BCUT2D eigenvalue weighted by Crippen LogP contribution is 2.30. The zero-order chi connectivity index (χ0) is 24.7. The summed E-state index contributed by atoms with van der Waals surface area (Å²) < 4.78 is 34.1. The number of hydrogen-bond donors (Lipinski definition) is 1. The summed E-state index contributed by atoms with van der Waals surface area (Å²) in [5.41, 5.74) is 2.39. The van der Waals surface area contributed by atoms with E-state index in [1.807, 2.05) is 54.6 Å². The standard InChI is InChI=1S/C28H32N2O4S/c1-30(24-15-6-3-7-16-24)35(32,33)27-19-11-9-17-25(27)29-28(31)21-34-26-18-10-8-14-23(26)20-22-12-4-2-5-13-22/h2,4-5,8-14,17-19,24H,3,6-7,15-16,20-21H2,1H3,(H,29,31). The van der Waals surface area contributed by atoms with E-state index >= 15 is 0 Å². The number of sulfonamides is 1. The number of nitrogens with one attached hydrogen (secondary N) is 1. The van der Waals surface area contributed by atoms with Crippen LogP contribution in [-0.4, -0.2) is 38.3 Å². The van der Waals surface area contributed by atoms with Gasteiger partial charge in [-0.2, -0.15) is 4.31 Å². The SMILES string of the molecule is CN(C1CCCCC1)S(=O)(=O)c1ccccc1NC(=O)COc1ccccc1Cc1ccccc1. The Hall–Kier alpha value is -3.16. The fourth-order valence-corrected chi connectivity index (χ4v) is 6.09. The van der Waals surface area contributed by atoms with Crippen molar-refractivity contribution in [2.24, 2.45) is 0 Å². The topological polar surface area (TPSA) is 75.7 Å². The molecule has 1 fully saturated rings. The fourth-order valence-electron chi connectivity index (χ4n) is 4.53. The van der Waals surface area contributed by atoms with Crippen molar-refractivity contribution in [1.29, 1.82) is 0 Å². The Balaban J connectivity index is 1.44. The predicted octanol–water partition coefficient (Wildman–Crippen LogP) is 5.25. The van der Waals surface area contributed by atoms with Crippen LogP contribution in [0.25, 0.3) is 0 Å². The summed E-state index contributed by atoms with van der Waals surface area (Å²) in [6.07, 6.45) is 5.62. The lowest BCUT2D eigenvalue weighted by Gasteiger charge is -2.30. The maximum atomic E-state index is 13.4. The first-order valence-corrected chi connectivity index (χ1v) is 13.5. The van der Waals surface area contributed by atoms with Gasteiger partial charge in [0.05, 0.1) is 5.69 Å². The van der Waals surface area contributed by atoms with Crippen molar-refractivity contribution >= 4 is 21.6 Å². The smallest absolute Gasteiger partial charge is 0.262 e. The van der Waals surface area contributed by atoms with Crippen molar-refractivity contribution in [3.63, 3.8) is 0 Å². The summed E-state index contributed by atoms with van der Waals surface area (Å²) in [6, 6.07) is 24.2. The Morgan fingerprint density at radius 2 is 1.57 bits per heavy atom. The van der Waals surface area contributed by atoms with Crippen molar-refractivity contribution in [2.45, 2.75) is 49.5 Å². The van der Waals surface area contributed by atoms with Crippen molar-refractivity contribution in [3.8, 4) is 5.75 Å². The van der Waals surface area contributed by atoms with Gasteiger partial charge in [0, 0.05) is 19.5 Å². The highest BCUT2D eigenvalue weighted by molar-refractivity contribution is 7.89. The van der Waals surface area contributed by atoms with E-state index in [9.17, 15) is 13.2 Å². The molecule has 0 radical (unpaired) electrons. The molecule has 1 saturated carbocycles. The van der Waals surface area contributed by atoms with Gasteiger partial charge in [0.25, 0.3) is 5.91 Å². The van der Waals surface area contributed by atoms with Gasteiger partial charge in [-0.3, -0.25) is 4.79 Å². The molecule has 0 heterocycles. The summed E-state index contributed by atoms with van der Waals surface area (Å²) >= 11 is 0. The maximum absolute atomic E-state index is 13.4. The minimum Gasteiger partial charge on any atom is -0.483 e. The van der Waals surface area contributed by atoms with E-state index in [4.69, 9.17) is 4.74 Å². The second-order valence-electron chi connectivity index (χ2n) is 8.92. The maximum Gasteiger partial charge on any atom is 0.262 e. The Morgan fingerprint density at radius 3 is 2.34 bits per heavy atom. The minimum absolute atomic E-state index is 0.0121. The lowest BCUT2D eigenvalue weighted by molar-refractivity contribution is -0.118. The molecule has 1 aliphatic carbocycles. The van der Waals surface area contributed by atoms with Crippen LogP contribution in [0.5, 0.6) is 5.75 Å². The number of benzene rings is 3. The molecule has 1 N–H and O–H groups in total. The number of carbonyl (C=O) groups excluding carboxylic acids is 1. The van der Waals surface area contributed by atoms with Crippen LogP contribution in [0, 0.1) is 0 Å². The van der Waals surface area contributed by atoms with Gasteiger partial charge in [-0.15, -0.1) is 0 Å². The van der Waals surface area contributed by atoms with Gasteiger partial charge in [-0.25, -0.2) is 8.42 Å². The molecular weight excluding hydrogens is 460 g/mol. The summed E-state index contributed by atoms with van der Waals surface area (Å²) in [7, 11) is -2.11. The second kappa shape index (κ2) is 11.5. The molecule has 35 heavy (non-hydrogen) atoms. The molecule has 4 rings (SSSR count). The average Bonchev–Trinajstić information content (AvgIpc) is 2.89. The van der Waals surface area contributed by atoms with E-state index in [1.54, 1.807) is 31.3 Å². The number of nitrogens with zero attached hydrogens (tertiary/aromatic N) is 1.